The average molecular weight is 305 g/mol. The number of halogens is 1. The first kappa shape index (κ1) is 16.2. The standard InChI is InChI=1S/C12H20N4OS.ClH/c1-13-8-11(17)14-5-4-10-9-18-12(15-10)16-6-2-3-7-16;/h9,13H,2-8H2,1H3,(H,14,17);1H. The lowest BCUT2D eigenvalue weighted by Crippen LogP contribution is -2.33. The molecule has 0 aliphatic carbocycles. The van der Waals surface area contributed by atoms with Crippen LogP contribution in [0.3, 0.4) is 0 Å². The molecule has 0 unspecified atom stereocenters. The van der Waals surface area contributed by atoms with Gasteiger partial charge >= 0.3 is 0 Å². The highest BCUT2D eigenvalue weighted by Crippen LogP contribution is 2.24. The number of likely N-dealkylation sites (N-methyl/N-ethyl adjacent to an activating group) is 1. The molecule has 1 aliphatic heterocycles. The van der Waals surface area contributed by atoms with Gasteiger partial charge in [0, 0.05) is 31.4 Å². The zero-order chi connectivity index (χ0) is 12.8. The number of hydrogen-bond donors (Lipinski definition) is 2. The summed E-state index contributed by atoms with van der Waals surface area (Å²) in [6, 6.07) is 0. The molecule has 19 heavy (non-hydrogen) atoms. The van der Waals surface area contributed by atoms with Crippen LogP contribution in [-0.2, 0) is 11.2 Å². The summed E-state index contributed by atoms with van der Waals surface area (Å²) in [7, 11) is 1.77. The van der Waals surface area contributed by atoms with Crippen LogP contribution < -0.4 is 15.5 Å². The molecule has 0 bridgehead atoms. The number of carbonyl (C=O) groups is 1. The van der Waals surface area contributed by atoms with Crippen molar-refractivity contribution in [1.82, 2.24) is 15.6 Å². The lowest BCUT2D eigenvalue weighted by Gasteiger charge is -2.12. The molecule has 0 atom stereocenters. The molecule has 0 radical (unpaired) electrons. The number of thiazole rings is 1. The summed E-state index contributed by atoms with van der Waals surface area (Å²) >= 11 is 1.71. The molecule has 0 aromatic carbocycles. The fraction of sp³-hybridized carbons (Fsp3) is 0.667. The normalized spacial score (nSPS) is 14.3. The summed E-state index contributed by atoms with van der Waals surface area (Å²) in [5.74, 6) is 0.0347. The fourth-order valence-electron chi connectivity index (χ4n) is 2.02. The molecule has 0 saturated carbocycles. The number of rotatable bonds is 6. The predicted octanol–water partition coefficient (Wildman–Crippen LogP) is 1.04. The number of carbonyl (C=O) groups excluding carboxylic acids is 1. The van der Waals surface area contributed by atoms with E-state index >= 15 is 0 Å². The Morgan fingerprint density at radius 1 is 1.47 bits per heavy atom. The maximum atomic E-state index is 11.2. The van der Waals surface area contributed by atoms with Crippen LogP contribution in [0.1, 0.15) is 18.5 Å². The molecule has 2 N–H and O–H groups in total. The summed E-state index contributed by atoms with van der Waals surface area (Å²) in [4.78, 5) is 18.2. The van der Waals surface area contributed by atoms with Gasteiger partial charge in [0.25, 0.3) is 0 Å². The first-order chi connectivity index (χ1) is 8.79. The summed E-state index contributed by atoms with van der Waals surface area (Å²) in [6.07, 6.45) is 3.35. The van der Waals surface area contributed by atoms with Crippen molar-refractivity contribution in [3.63, 3.8) is 0 Å². The predicted molar refractivity (Wildman–Crippen MR) is 81.4 cm³/mol. The van der Waals surface area contributed by atoms with Gasteiger partial charge in [-0.1, -0.05) is 0 Å². The molecule has 108 valence electrons. The van der Waals surface area contributed by atoms with Gasteiger partial charge in [0.05, 0.1) is 12.2 Å². The van der Waals surface area contributed by atoms with E-state index in [-0.39, 0.29) is 18.3 Å². The van der Waals surface area contributed by atoms with Crippen molar-refractivity contribution in [2.75, 3.05) is 38.1 Å². The highest BCUT2D eigenvalue weighted by Gasteiger charge is 2.15. The average Bonchev–Trinajstić information content (AvgIpc) is 2.99. The number of nitrogens with one attached hydrogen (secondary N) is 2. The zero-order valence-electron chi connectivity index (χ0n) is 11.1. The highest BCUT2D eigenvalue weighted by atomic mass is 35.5. The fourth-order valence-corrected chi connectivity index (χ4v) is 2.93. The van der Waals surface area contributed by atoms with Crippen molar-refractivity contribution in [3.05, 3.63) is 11.1 Å². The zero-order valence-corrected chi connectivity index (χ0v) is 12.8. The molecule has 1 saturated heterocycles. The van der Waals surface area contributed by atoms with E-state index in [9.17, 15) is 4.79 Å². The maximum absolute atomic E-state index is 11.2. The van der Waals surface area contributed by atoms with E-state index < -0.39 is 0 Å². The van der Waals surface area contributed by atoms with Crippen molar-refractivity contribution in [3.8, 4) is 0 Å². The Labute approximate surface area is 124 Å². The maximum Gasteiger partial charge on any atom is 0.233 e. The van der Waals surface area contributed by atoms with Gasteiger partial charge in [0.2, 0.25) is 5.91 Å². The Kier molecular flexibility index (Phi) is 7.12. The third kappa shape index (κ3) is 4.97. The number of hydrogen-bond acceptors (Lipinski definition) is 5. The summed E-state index contributed by atoms with van der Waals surface area (Å²) < 4.78 is 0. The van der Waals surface area contributed by atoms with Crippen molar-refractivity contribution in [2.24, 2.45) is 0 Å². The van der Waals surface area contributed by atoms with Gasteiger partial charge < -0.3 is 15.5 Å². The Bertz CT molecular complexity index is 393. The second-order valence-corrected chi connectivity index (χ2v) is 5.28. The van der Waals surface area contributed by atoms with Gasteiger partial charge in [-0.15, -0.1) is 23.7 Å². The van der Waals surface area contributed by atoms with E-state index in [0.717, 1.165) is 30.3 Å². The van der Waals surface area contributed by atoms with Crippen molar-refractivity contribution < 1.29 is 4.79 Å². The molecule has 5 nitrogen and oxygen atoms in total. The van der Waals surface area contributed by atoms with Crippen molar-refractivity contribution >= 4 is 34.8 Å². The van der Waals surface area contributed by atoms with E-state index in [1.54, 1.807) is 18.4 Å². The van der Waals surface area contributed by atoms with Crippen LogP contribution >= 0.6 is 23.7 Å². The first-order valence-electron chi connectivity index (χ1n) is 6.40. The number of amides is 1. The number of anilines is 1. The molecule has 1 aromatic heterocycles. The second-order valence-electron chi connectivity index (χ2n) is 4.45. The van der Waals surface area contributed by atoms with Crippen LogP contribution in [0.4, 0.5) is 5.13 Å². The largest absolute Gasteiger partial charge is 0.355 e. The Balaban J connectivity index is 0.00000180. The van der Waals surface area contributed by atoms with E-state index in [2.05, 4.69) is 25.9 Å². The van der Waals surface area contributed by atoms with Gasteiger partial charge in [-0.3, -0.25) is 4.79 Å². The Morgan fingerprint density at radius 3 is 2.89 bits per heavy atom. The van der Waals surface area contributed by atoms with Crippen LogP contribution in [0.5, 0.6) is 0 Å². The van der Waals surface area contributed by atoms with Gasteiger partial charge in [-0.25, -0.2) is 4.98 Å². The molecule has 1 aromatic rings. The Morgan fingerprint density at radius 2 is 2.21 bits per heavy atom. The summed E-state index contributed by atoms with van der Waals surface area (Å²) in [6.45, 7) is 3.29. The minimum absolute atomic E-state index is 0. The molecule has 1 fully saturated rings. The van der Waals surface area contributed by atoms with Gasteiger partial charge in [0.15, 0.2) is 5.13 Å². The monoisotopic (exact) mass is 304 g/mol. The summed E-state index contributed by atoms with van der Waals surface area (Å²) in [5.41, 5.74) is 1.08. The van der Waals surface area contributed by atoms with Crippen LogP contribution in [0.15, 0.2) is 5.38 Å². The quantitative estimate of drug-likeness (QED) is 0.825. The number of nitrogens with zero attached hydrogens (tertiary/aromatic N) is 2. The van der Waals surface area contributed by atoms with Gasteiger partial charge in [-0.2, -0.15) is 0 Å². The minimum Gasteiger partial charge on any atom is -0.355 e. The van der Waals surface area contributed by atoms with Crippen LogP contribution in [-0.4, -0.2) is 44.1 Å². The third-order valence-electron chi connectivity index (χ3n) is 2.96. The lowest BCUT2D eigenvalue weighted by molar-refractivity contribution is -0.120. The van der Waals surface area contributed by atoms with Crippen LogP contribution in [0, 0.1) is 0 Å². The molecule has 0 spiro atoms. The van der Waals surface area contributed by atoms with E-state index in [1.807, 2.05) is 0 Å². The lowest BCUT2D eigenvalue weighted by atomic mass is 10.3. The molecular formula is C12H21ClN4OS. The summed E-state index contributed by atoms with van der Waals surface area (Å²) in [5, 5.41) is 8.91. The highest BCUT2D eigenvalue weighted by molar-refractivity contribution is 7.13. The first-order valence-corrected chi connectivity index (χ1v) is 7.28. The molecule has 7 heteroatoms. The minimum atomic E-state index is 0. The molecule has 2 rings (SSSR count). The van der Waals surface area contributed by atoms with E-state index in [1.165, 1.54) is 12.8 Å². The van der Waals surface area contributed by atoms with Crippen molar-refractivity contribution in [1.29, 1.82) is 0 Å². The smallest absolute Gasteiger partial charge is 0.233 e. The molecule has 1 amide bonds. The van der Waals surface area contributed by atoms with Crippen LogP contribution in [0.25, 0.3) is 0 Å². The molecular weight excluding hydrogens is 284 g/mol. The molecule has 2 heterocycles. The van der Waals surface area contributed by atoms with Gasteiger partial charge in [-0.05, 0) is 19.9 Å². The SMILES string of the molecule is CNCC(=O)NCCc1csc(N2CCCC2)n1.Cl. The van der Waals surface area contributed by atoms with Crippen LogP contribution in [0.2, 0.25) is 0 Å². The third-order valence-corrected chi connectivity index (χ3v) is 3.91. The van der Waals surface area contributed by atoms with E-state index in [0.29, 0.717) is 13.1 Å². The Hall–Kier alpha value is -0.850. The second kappa shape index (κ2) is 8.35. The van der Waals surface area contributed by atoms with E-state index in [4.69, 9.17) is 0 Å². The van der Waals surface area contributed by atoms with Gasteiger partial charge in [0.1, 0.15) is 0 Å². The molecule has 1 aliphatic rings. The topological polar surface area (TPSA) is 57.3 Å². The number of aromatic nitrogens is 1. The van der Waals surface area contributed by atoms with Crippen molar-refractivity contribution in [2.45, 2.75) is 19.3 Å².